The molecular formula is C14H20ClIN2. The van der Waals surface area contributed by atoms with Crippen LogP contribution in [0.3, 0.4) is 0 Å². The quantitative estimate of drug-likeness (QED) is 0.802. The van der Waals surface area contributed by atoms with Crippen molar-refractivity contribution in [3.63, 3.8) is 0 Å². The van der Waals surface area contributed by atoms with Crippen LogP contribution < -0.4 is 10.2 Å². The minimum Gasteiger partial charge on any atom is -0.369 e. The SMILES string of the molecule is CC(C)NC1CCCN(c2ccc(Cl)cc2I)C1. The Balaban J connectivity index is 2.08. The Kier molecular flexibility index (Phi) is 5.15. The number of halogens is 2. The first-order chi connectivity index (χ1) is 8.56. The molecule has 1 saturated heterocycles. The number of benzene rings is 1. The molecule has 1 fully saturated rings. The fourth-order valence-electron chi connectivity index (χ4n) is 2.54. The van der Waals surface area contributed by atoms with Crippen LogP contribution in [0.2, 0.25) is 5.02 Å². The number of hydrogen-bond acceptors (Lipinski definition) is 2. The average molecular weight is 379 g/mol. The molecule has 0 radical (unpaired) electrons. The lowest BCUT2D eigenvalue weighted by atomic mass is 10.0. The van der Waals surface area contributed by atoms with Gasteiger partial charge in [0.2, 0.25) is 0 Å². The van der Waals surface area contributed by atoms with Gasteiger partial charge in [-0.2, -0.15) is 0 Å². The monoisotopic (exact) mass is 378 g/mol. The molecule has 1 atom stereocenters. The molecule has 2 rings (SSSR count). The van der Waals surface area contributed by atoms with Crippen LogP contribution in [-0.4, -0.2) is 25.2 Å². The summed E-state index contributed by atoms with van der Waals surface area (Å²) in [6.45, 7) is 6.67. The van der Waals surface area contributed by atoms with Gasteiger partial charge in [0.15, 0.2) is 0 Å². The Morgan fingerprint density at radius 1 is 1.44 bits per heavy atom. The highest BCUT2D eigenvalue weighted by Gasteiger charge is 2.21. The molecule has 0 bridgehead atoms. The van der Waals surface area contributed by atoms with Gasteiger partial charge in [-0.25, -0.2) is 0 Å². The van der Waals surface area contributed by atoms with Crippen LogP contribution in [0, 0.1) is 3.57 Å². The minimum atomic E-state index is 0.555. The first-order valence-electron chi connectivity index (χ1n) is 6.52. The van der Waals surface area contributed by atoms with Crippen molar-refractivity contribution in [2.24, 2.45) is 0 Å². The van der Waals surface area contributed by atoms with Crippen molar-refractivity contribution in [3.05, 3.63) is 26.8 Å². The van der Waals surface area contributed by atoms with E-state index in [1.54, 1.807) is 0 Å². The third-order valence-corrected chi connectivity index (χ3v) is 4.34. The molecule has 1 aliphatic heterocycles. The van der Waals surface area contributed by atoms with Crippen molar-refractivity contribution >= 4 is 39.9 Å². The number of rotatable bonds is 3. The number of hydrogen-bond donors (Lipinski definition) is 1. The number of nitrogens with zero attached hydrogens (tertiary/aromatic N) is 1. The predicted molar refractivity (Wildman–Crippen MR) is 87.7 cm³/mol. The molecule has 1 unspecified atom stereocenters. The Hall–Kier alpha value is -0.000000000000000111. The topological polar surface area (TPSA) is 15.3 Å². The van der Waals surface area contributed by atoms with Crippen molar-refractivity contribution in [2.75, 3.05) is 18.0 Å². The summed E-state index contributed by atoms with van der Waals surface area (Å²) in [6.07, 6.45) is 2.53. The average Bonchev–Trinajstić information content (AvgIpc) is 2.28. The summed E-state index contributed by atoms with van der Waals surface area (Å²) in [5, 5.41) is 4.46. The van der Waals surface area contributed by atoms with E-state index in [0.717, 1.165) is 18.1 Å². The summed E-state index contributed by atoms with van der Waals surface area (Å²) in [5.41, 5.74) is 1.32. The van der Waals surface area contributed by atoms with Crippen molar-refractivity contribution in [2.45, 2.75) is 38.8 Å². The van der Waals surface area contributed by atoms with Gasteiger partial charge >= 0.3 is 0 Å². The molecule has 1 aliphatic rings. The second-order valence-corrected chi connectivity index (χ2v) is 6.80. The second-order valence-electron chi connectivity index (χ2n) is 5.20. The summed E-state index contributed by atoms with van der Waals surface area (Å²) in [7, 11) is 0. The number of nitrogens with one attached hydrogen (secondary N) is 1. The van der Waals surface area contributed by atoms with Crippen LogP contribution >= 0.6 is 34.2 Å². The van der Waals surface area contributed by atoms with Gasteiger partial charge in [0.05, 0.1) is 5.69 Å². The zero-order valence-corrected chi connectivity index (χ0v) is 13.8. The molecule has 2 nitrogen and oxygen atoms in total. The largest absolute Gasteiger partial charge is 0.369 e. The van der Waals surface area contributed by atoms with Crippen LogP contribution in [0.15, 0.2) is 18.2 Å². The second kappa shape index (κ2) is 6.44. The molecule has 18 heavy (non-hydrogen) atoms. The minimum absolute atomic E-state index is 0.555. The maximum Gasteiger partial charge on any atom is 0.0503 e. The van der Waals surface area contributed by atoms with Gasteiger partial charge in [-0.3, -0.25) is 0 Å². The summed E-state index contributed by atoms with van der Waals surface area (Å²) in [4.78, 5) is 2.47. The van der Waals surface area contributed by atoms with Gasteiger partial charge in [0, 0.05) is 33.8 Å². The third kappa shape index (κ3) is 3.75. The van der Waals surface area contributed by atoms with Crippen LogP contribution in [0.1, 0.15) is 26.7 Å². The van der Waals surface area contributed by atoms with E-state index >= 15 is 0 Å². The van der Waals surface area contributed by atoms with E-state index in [4.69, 9.17) is 11.6 Å². The maximum atomic E-state index is 6.02. The van der Waals surface area contributed by atoms with E-state index in [9.17, 15) is 0 Å². The van der Waals surface area contributed by atoms with Gasteiger partial charge in [-0.05, 0) is 53.6 Å². The summed E-state index contributed by atoms with van der Waals surface area (Å²) in [6, 6.07) is 7.32. The normalized spacial score (nSPS) is 20.5. The van der Waals surface area contributed by atoms with E-state index in [2.05, 4.69) is 52.7 Å². The van der Waals surface area contributed by atoms with Crippen molar-refractivity contribution in [1.29, 1.82) is 0 Å². The van der Waals surface area contributed by atoms with Gasteiger partial charge in [-0.15, -0.1) is 0 Å². The first-order valence-corrected chi connectivity index (χ1v) is 7.98. The van der Waals surface area contributed by atoms with Gasteiger partial charge < -0.3 is 10.2 Å². The molecule has 0 amide bonds. The van der Waals surface area contributed by atoms with Crippen molar-refractivity contribution < 1.29 is 0 Å². The third-order valence-electron chi connectivity index (χ3n) is 3.24. The summed E-state index contributed by atoms with van der Waals surface area (Å²) in [5.74, 6) is 0. The van der Waals surface area contributed by atoms with Gasteiger partial charge in [0.1, 0.15) is 0 Å². The molecule has 1 aromatic rings. The zero-order valence-electron chi connectivity index (χ0n) is 10.9. The molecule has 0 spiro atoms. The Morgan fingerprint density at radius 2 is 2.22 bits per heavy atom. The Morgan fingerprint density at radius 3 is 2.89 bits per heavy atom. The summed E-state index contributed by atoms with van der Waals surface area (Å²) < 4.78 is 1.24. The smallest absolute Gasteiger partial charge is 0.0503 e. The number of anilines is 1. The van der Waals surface area contributed by atoms with Crippen LogP contribution in [0.5, 0.6) is 0 Å². The van der Waals surface area contributed by atoms with E-state index in [0.29, 0.717) is 12.1 Å². The van der Waals surface area contributed by atoms with Crippen molar-refractivity contribution in [1.82, 2.24) is 5.32 Å². The van der Waals surface area contributed by atoms with Crippen molar-refractivity contribution in [3.8, 4) is 0 Å². The molecule has 1 heterocycles. The number of piperidine rings is 1. The Bertz CT molecular complexity index is 409. The summed E-state index contributed by atoms with van der Waals surface area (Å²) >= 11 is 8.39. The van der Waals surface area contributed by atoms with Gasteiger partial charge in [0.25, 0.3) is 0 Å². The lowest BCUT2D eigenvalue weighted by molar-refractivity contribution is 0.394. The molecule has 0 aromatic heterocycles. The fourth-order valence-corrected chi connectivity index (χ4v) is 3.75. The molecule has 4 heteroatoms. The van der Waals surface area contributed by atoms with E-state index < -0.39 is 0 Å². The molecular weight excluding hydrogens is 359 g/mol. The van der Waals surface area contributed by atoms with E-state index in [-0.39, 0.29) is 0 Å². The highest BCUT2D eigenvalue weighted by molar-refractivity contribution is 14.1. The Labute approximate surface area is 128 Å². The van der Waals surface area contributed by atoms with Gasteiger partial charge in [-0.1, -0.05) is 25.4 Å². The molecule has 0 saturated carbocycles. The van der Waals surface area contributed by atoms with Crippen LogP contribution in [-0.2, 0) is 0 Å². The zero-order chi connectivity index (χ0) is 13.1. The standard InChI is InChI=1S/C14H20ClIN2/c1-10(2)17-12-4-3-7-18(9-12)14-6-5-11(15)8-13(14)16/h5-6,8,10,12,17H,3-4,7,9H2,1-2H3. The predicted octanol–water partition coefficient (Wildman–Crippen LogP) is 3.91. The molecule has 1 aromatic carbocycles. The highest BCUT2D eigenvalue weighted by atomic mass is 127. The molecule has 100 valence electrons. The van der Waals surface area contributed by atoms with E-state index in [1.165, 1.54) is 22.1 Å². The first kappa shape index (κ1) is 14.4. The fraction of sp³-hybridized carbons (Fsp3) is 0.571. The highest BCUT2D eigenvalue weighted by Crippen LogP contribution is 2.28. The van der Waals surface area contributed by atoms with E-state index in [1.807, 2.05) is 12.1 Å². The lowest BCUT2D eigenvalue weighted by Gasteiger charge is -2.36. The lowest BCUT2D eigenvalue weighted by Crippen LogP contribution is -2.48. The molecule has 0 aliphatic carbocycles. The maximum absolute atomic E-state index is 6.02. The van der Waals surface area contributed by atoms with Crippen LogP contribution in [0.25, 0.3) is 0 Å². The molecule has 1 N–H and O–H groups in total. The van der Waals surface area contributed by atoms with Crippen LogP contribution in [0.4, 0.5) is 5.69 Å².